The lowest BCUT2D eigenvalue weighted by Crippen LogP contribution is -2.70. The van der Waals surface area contributed by atoms with Crippen molar-refractivity contribution in [3.05, 3.63) is 172 Å². The normalized spacial score (nSPS) is 21.9. The highest BCUT2D eigenvalue weighted by atomic mass is 16.7. The molecule has 0 radical (unpaired) electrons. The third kappa shape index (κ3) is 11.2. The predicted molar refractivity (Wildman–Crippen MR) is 261 cm³/mol. The first kappa shape index (κ1) is 48.9. The van der Waals surface area contributed by atoms with Gasteiger partial charge in [0.15, 0.2) is 0 Å². The van der Waals surface area contributed by atoms with Crippen molar-refractivity contribution in [3.63, 3.8) is 0 Å². The smallest absolute Gasteiger partial charge is 0.410 e. The summed E-state index contributed by atoms with van der Waals surface area (Å²) < 4.78 is 26.6. The molecule has 8 rings (SSSR count). The highest BCUT2D eigenvalue weighted by Gasteiger charge is 2.65. The third-order valence-electron chi connectivity index (χ3n) is 13.6. The van der Waals surface area contributed by atoms with Crippen LogP contribution in [0.4, 0.5) is 10.5 Å². The fourth-order valence-electron chi connectivity index (χ4n) is 10.5. The molecule has 0 bridgehead atoms. The lowest BCUT2D eigenvalue weighted by atomic mass is 9.55. The monoisotopic (exact) mass is 939 g/mol. The van der Waals surface area contributed by atoms with Crippen LogP contribution in [0.15, 0.2) is 145 Å². The first-order valence-electron chi connectivity index (χ1n) is 23.9. The van der Waals surface area contributed by atoms with Crippen molar-refractivity contribution < 1.29 is 48.8 Å². The average molecular weight is 940 g/mol. The Balaban J connectivity index is 1.28. The number of allylic oxidation sites excluding steroid dienone is 1. The van der Waals surface area contributed by atoms with E-state index in [1.807, 2.05) is 72.8 Å². The SMILES string of the molecule is C=CCOC12Oc3ccc(O)cc3C3C(CCCCO)C(CCCCO)C=C(C(=NOCc4ccc([N+](=O)[O-])cc4)CC1N(Cc1cccc4ccccc14)C(=O)OCCOCc1ccccc1)C32. The fraction of sp³-hybridized carbons (Fsp3) is 0.382. The molecule has 2 aliphatic carbocycles. The lowest BCUT2D eigenvalue weighted by molar-refractivity contribution is -0.384. The van der Waals surface area contributed by atoms with E-state index >= 15 is 4.79 Å². The number of benzene rings is 5. The van der Waals surface area contributed by atoms with E-state index in [9.17, 15) is 25.4 Å². The standard InChI is InChI=1S/C55H61N3O11/c1-2-29-67-55-51(57(35-42-18-12-17-40-15-6-7-19-45(40)42)54(62)66-31-30-65-36-38-13-4-3-5-14-38)34-49(56-68-37-39-21-23-43(24-22-39)58(63)64)47-32-41(16-8-10-27-59)46(20-9-11-28-60)52(53(47)55)48-33-44(61)25-26-50(48)69-55/h2-7,12-15,17-19,21-26,32-33,41,46,51-53,59-61H,1,8-11,16,20,27-31,34-37H2. The third-order valence-corrected chi connectivity index (χ3v) is 13.6. The molecule has 0 spiro atoms. The number of nitro groups is 1. The highest BCUT2D eigenvalue weighted by Crippen LogP contribution is 2.62. The van der Waals surface area contributed by atoms with Crippen LogP contribution in [-0.2, 0) is 38.8 Å². The van der Waals surface area contributed by atoms with Crippen LogP contribution in [0.1, 0.15) is 73.1 Å². The molecule has 14 heteroatoms. The molecule has 1 fully saturated rings. The molecule has 1 saturated carbocycles. The predicted octanol–water partition coefficient (Wildman–Crippen LogP) is 10.1. The van der Waals surface area contributed by atoms with Crippen molar-refractivity contribution in [1.29, 1.82) is 0 Å². The Morgan fingerprint density at radius 1 is 0.884 bits per heavy atom. The van der Waals surface area contributed by atoms with Gasteiger partial charge < -0.3 is 39.1 Å². The van der Waals surface area contributed by atoms with Crippen molar-refractivity contribution in [3.8, 4) is 11.5 Å². The number of amides is 1. The maximum Gasteiger partial charge on any atom is 0.410 e. The number of oxime groups is 1. The molecule has 5 aromatic carbocycles. The number of rotatable bonds is 23. The number of carbonyl (C=O) groups is 1. The summed E-state index contributed by atoms with van der Waals surface area (Å²) in [6, 6.07) is 34.1. The number of aromatic hydroxyl groups is 1. The van der Waals surface area contributed by atoms with Gasteiger partial charge in [-0.3, -0.25) is 15.0 Å². The molecule has 0 aromatic heterocycles. The number of hydrogen-bond donors (Lipinski definition) is 3. The molecule has 3 aliphatic rings. The van der Waals surface area contributed by atoms with Gasteiger partial charge in [-0.2, -0.15) is 0 Å². The number of phenols is 1. The number of unbranched alkanes of at least 4 members (excludes halogenated alkanes) is 2. The van der Waals surface area contributed by atoms with Gasteiger partial charge in [0.05, 0.1) is 42.9 Å². The van der Waals surface area contributed by atoms with Crippen LogP contribution in [0, 0.1) is 27.9 Å². The summed E-state index contributed by atoms with van der Waals surface area (Å²) >= 11 is 0. The van der Waals surface area contributed by atoms with Crippen LogP contribution < -0.4 is 4.74 Å². The lowest BCUT2D eigenvalue weighted by Gasteiger charge is -2.59. The number of phenolic OH excluding ortho intramolecular Hbond substituents is 1. The van der Waals surface area contributed by atoms with Crippen LogP contribution in [-0.4, -0.2) is 81.8 Å². The van der Waals surface area contributed by atoms with Crippen LogP contribution in [0.3, 0.4) is 0 Å². The van der Waals surface area contributed by atoms with Gasteiger partial charge in [0, 0.05) is 43.2 Å². The van der Waals surface area contributed by atoms with Crippen molar-refractivity contribution in [2.45, 2.75) is 82.5 Å². The van der Waals surface area contributed by atoms with Crippen LogP contribution in [0.25, 0.3) is 10.8 Å². The van der Waals surface area contributed by atoms with E-state index in [2.05, 4.69) is 12.7 Å². The van der Waals surface area contributed by atoms with E-state index in [0.717, 1.165) is 58.7 Å². The van der Waals surface area contributed by atoms with Gasteiger partial charge in [-0.1, -0.05) is 103 Å². The van der Waals surface area contributed by atoms with E-state index in [1.54, 1.807) is 41.3 Å². The maximum atomic E-state index is 15.2. The zero-order valence-corrected chi connectivity index (χ0v) is 38.8. The van der Waals surface area contributed by atoms with Gasteiger partial charge in [-0.15, -0.1) is 6.58 Å². The van der Waals surface area contributed by atoms with Crippen molar-refractivity contribution >= 4 is 28.3 Å². The number of hydrogen-bond acceptors (Lipinski definition) is 12. The van der Waals surface area contributed by atoms with E-state index in [0.29, 0.717) is 36.5 Å². The van der Waals surface area contributed by atoms with Gasteiger partial charge in [0.2, 0.25) is 5.79 Å². The summed E-state index contributed by atoms with van der Waals surface area (Å²) in [7, 11) is 0. The van der Waals surface area contributed by atoms with E-state index in [4.69, 9.17) is 28.9 Å². The highest BCUT2D eigenvalue weighted by molar-refractivity contribution is 6.03. The van der Waals surface area contributed by atoms with E-state index in [1.165, 1.54) is 12.1 Å². The summed E-state index contributed by atoms with van der Waals surface area (Å²) in [5.41, 5.74) is 4.65. The molecule has 5 aromatic rings. The first-order chi connectivity index (χ1) is 33.7. The topological polar surface area (TPSA) is 183 Å². The van der Waals surface area contributed by atoms with Gasteiger partial charge >= 0.3 is 6.09 Å². The summed E-state index contributed by atoms with van der Waals surface area (Å²) in [6.45, 7) is 4.75. The average Bonchev–Trinajstić information content (AvgIpc) is 3.36. The molecule has 14 nitrogen and oxygen atoms in total. The molecule has 6 atom stereocenters. The molecule has 1 aliphatic heterocycles. The summed E-state index contributed by atoms with van der Waals surface area (Å²) in [5, 5.41) is 49.4. The number of ether oxygens (including phenoxy) is 4. The minimum atomic E-state index is -1.58. The summed E-state index contributed by atoms with van der Waals surface area (Å²) in [4.78, 5) is 34.0. The minimum absolute atomic E-state index is 0.00725. The van der Waals surface area contributed by atoms with Gasteiger partial charge in [-0.05, 0) is 101 Å². The molecule has 1 heterocycles. The molecule has 69 heavy (non-hydrogen) atoms. The Kier molecular flexibility index (Phi) is 16.4. The van der Waals surface area contributed by atoms with Crippen LogP contribution >= 0.6 is 0 Å². The number of aliphatic hydroxyl groups is 2. The van der Waals surface area contributed by atoms with Gasteiger partial charge in [0.25, 0.3) is 5.69 Å². The quantitative estimate of drug-likeness (QED) is 0.0245. The zero-order chi connectivity index (χ0) is 48.2. The summed E-state index contributed by atoms with van der Waals surface area (Å²) in [5.74, 6) is -2.06. The van der Waals surface area contributed by atoms with E-state index < -0.39 is 28.8 Å². The maximum absolute atomic E-state index is 15.2. The molecule has 362 valence electrons. The minimum Gasteiger partial charge on any atom is -0.508 e. The second kappa shape index (κ2) is 23.1. The first-order valence-corrected chi connectivity index (χ1v) is 23.9. The molecule has 6 unspecified atom stereocenters. The Hall–Kier alpha value is -6.58. The Labute approximate surface area is 402 Å². The number of nitrogens with zero attached hydrogens (tertiary/aromatic N) is 3. The second-order valence-corrected chi connectivity index (χ2v) is 17.9. The van der Waals surface area contributed by atoms with E-state index in [-0.39, 0.29) is 81.8 Å². The van der Waals surface area contributed by atoms with Crippen molar-refractivity contribution in [2.24, 2.45) is 22.9 Å². The Morgan fingerprint density at radius 3 is 2.39 bits per heavy atom. The number of non-ortho nitro benzene ring substituents is 1. The second-order valence-electron chi connectivity index (χ2n) is 17.9. The fourth-order valence-corrected chi connectivity index (χ4v) is 10.5. The number of fused-ring (bicyclic) bond motifs is 3. The molecular weight excluding hydrogens is 879 g/mol. The van der Waals surface area contributed by atoms with Gasteiger partial charge in [0.1, 0.15) is 30.8 Å². The number of aliphatic hydroxyl groups excluding tert-OH is 2. The number of carbonyl (C=O) groups excluding carboxylic acids is 1. The molecule has 3 N–H and O–H groups in total. The van der Waals surface area contributed by atoms with Crippen LogP contribution in [0.5, 0.6) is 11.5 Å². The Morgan fingerprint density at radius 2 is 1.62 bits per heavy atom. The Bertz CT molecular complexity index is 2600. The van der Waals surface area contributed by atoms with Crippen LogP contribution in [0.2, 0.25) is 0 Å². The van der Waals surface area contributed by atoms with Gasteiger partial charge in [-0.25, -0.2) is 4.79 Å². The number of nitro benzene ring substituents is 1. The largest absolute Gasteiger partial charge is 0.508 e. The molecular formula is C55H61N3O11. The summed E-state index contributed by atoms with van der Waals surface area (Å²) in [6.07, 6.45) is 7.56. The van der Waals surface area contributed by atoms with Crippen molar-refractivity contribution in [2.75, 3.05) is 33.0 Å². The zero-order valence-electron chi connectivity index (χ0n) is 38.8. The van der Waals surface area contributed by atoms with Crippen molar-refractivity contribution in [1.82, 2.24) is 4.90 Å². The molecule has 0 saturated heterocycles. The molecule has 1 amide bonds.